The third kappa shape index (κ3) is 7.68. The Labute approximate surface area is 471 Å². The van der Waals surface area contributed by atoms with Gasteiger partial charge in [-0.15, -0.1) is 0 Å². The Balaban J connectivity index is 1.18. The lowest BCUT2D eigenvalue weighted by Gasteiger charge is -2.52. The standard InChI is InChI=1S/C60H48O24/c61-23-13-35(72)41-39(15-23)80-54(20-2-6-27(64)32(69)10-20)51(77)44(41)48-50(76)47-45(43-37(74)18-30(67)25-17-38(75)53(81-56(25)43)19-1-5-26(63)31(68)9-19)52(78)55(21-3-7-28(65)33(70)11-21)82-57(47)49-46-42-36(73)14-24(62)16-40(42)83-60(59(46)79,84-58(48)49)22-4-8-29(66)34(71)12-22/h1-16,18,38,44-46,51-55,59,61-79H,17H2/t38-,44+,45-,46+,51+,52+,53+,54+,55+,59+,60+/m0/s1. The normalized spacial score (nSPS) is 25.1. The van der Waals surface area contributed by atoms with Crippen molar-refractivity contribution in [2.75, 3.05) is 0 Å². The first-order valence-electron chi connectivity index (χ1n) is 25.8. The maximum Gasteiger partial charge on any atom is 0.305 e. The van der Waals surface area contributed by atoms with Gasteiger partial charge in [0.25, 0.3) is 0 Å². The number of aromatic hydroxyl groups is 15. The molecule has 0 aromatic heterocycles. The van der Waals surface area contributed by atoms with Gasteiger partial charge < -0.3 is 121 Å². The molecule has 5 aliphatic heterocycles. The van der Waals surface area contributed by atoms with Gasteiger partial charge >= 0.3 is 5.79 Å². The maximum absolute atomic E-state index is 13.9. The van der Waals surface area contributed by atoms with Crippen LogP contribution in [0.4, 0.5) is 0 Å². The van der Waals surface area contributed by atoms with Gasteiger partial charge in [-0.25, -0.2) is 0 Å². The zero-order valence-electron chi connectivity index (χ0n) is 42.8. The molecule has 0 saturated carbocycles. The van der Waals surface area contributed by atoms with Crippen LogP contribution in [0, 0.1) is 0 Å². The molecule has 0 spiro atoms. The molecule has 11 atom stereocenters. The van der Waals surface area contributed by atoms with E-state index in [0.29, 0.717) is 0 Å². The van der Waals surface area contributed by atoms with E-state index in [1.807, 2.05) is 0 Å². The predicted octanol–water partition coefficient (Wildman–Crippen LogP) is 5.69. The van der Waals surface area contributed by atoms with Crippen LogP contribution in [0.2, 0.25) is 0 Å². The van der Waals surface area contributed by atoms with Crippen molar-refractivity contribution in [1.82, 2.24) is 0 Å². The lowest BCUT2D eigenvalue weighted by atomic mass is 9.68. The molecule has 0 amide bonds. The van der Waals surface area contributed by atoms with Crippen LogP contribution in [0.5, 0.6) is 115 Å². The molecule has 24 nitrogen and oxygen atoms in total. The van der Waals surface area contributed by atoms with Crippen molar-refractivity contribution in [3.05, 3.63) is 164 Å². The molecule has 24 heteroatoms. The van der Waals surface area contributed by atoms with Crippen molar-refractivity contribution in [3.63, 3.8) is 0 Å². The number of aliphatic hydroxyl groups is 4. The Kier molecular flexibility index (Phi) is 11.7. The van der Waals surface area contributed by atoms with Crippen LogP contribution in [0.25, 0.3) is 0 Å². The molecule has 84 heavy (non-hydrogen) atoms. The van der Waals surface area contributed by atoms with Crippen LogP contribution < -0.4 is 23.7 Å². The van der Waals surface area contributed by atoms with Gasteiger partial charge in [-0.05, 0) is 71.3 Å². The zero-order valence-corrected chi connectivity index (χ0v) is 42.8. The van der Waals surface area contributed by atoms with E-state index in [9.17, 15) is 97.0 Å². The third-order valence-electron chi connectivity index (χ3n) is 16.3. The summed E-state index contributed by atoms with van der Waals surface area (Å²) < 4.78 is 33.2. The van der Waals surface area contributed by atoms with E-state index >= 15 is 0 Å². The quantitative estimate of drug-likeness (QED) is 0.0889. The second kappa shape index (κ2) is 18.6. The lowest BCUT2D eigenvalue weighted by Crippen LogP contribution is -2.58. The minimum absolute atomic E-state index is 0.0527. The minimum atomic E-state index is -2.72. The summed E-state index contributed by atoms with van der Waals surface area (Å²) in [4.78, 5) is 0. The van der Waals surface area contributed by atoms with Crippen LogP contribution in [0.3, 0.4) is 0 Å². The molecule has 19 N–H and O–H groups in total. The Hall–Kier alpha value is -10.4. The van der Waals surface area contributed by atoms with E-state index in [1.54, 1.807) is 0 Å². The molecule has 8 aromatic rings. The maximum atomic E-state index is 13.9. The topological polar surface area (TPSA) is 431 Å². The average molecular weight is 1150 g/mol. The monoisotopic (exact) mass is 1150 g/mol. The molecule has 0 saturated heterocycles. The number of hydrogen-bond acceptors (Lipinski definition) is 24. The Morgan fingerprint density at radius 1 is 0.345 bits per heavy atom. The van der Waals surface area contributed by atoms with E-state index < -0.39 is 210 Å². The summed E-state index contributed by atoms with van der Waals surface area (Å²) in [5.41, 5.74) is -3.38. The minimum Gasteiger partial charge on any atom is -0.508 e. The van der Waals surface area contributed by atoms with E-state index in [-0.39, 0.29) is 39.1 Å². The van der Waals surface area contributed by atoms with E-state index in [1.165, 1.54) is 24.3 Å². The van der Waals surface area contributed by atoms with Crippen molar-refractivity contribution in [3.8, 4) is 115 Å². The van der Waals surface area contributed by atoms with Crippen LogP contribution in [0.1, 0.15) is 97.3 Å². The van der Waals surface area contributed by atoms with Crippen LogP contribution in [0.15, 0.2) is 103 Å². The summed E-state index contributed by atoms with van der Waals surface area (Å²) in [5, 5.41) is 220. The fourth-order valence-electron chi connectivity index (χ4n) is 12.6. The molecule has 5 aliphatic rings. The highest BCUT2D eigenvalue weighted by Crippen LogP contribution is 2.69. The first-order chi connectivity index (χ1) is 40.0. The van der Waals surface area contributed by atoms with Gasteiger partial charge in [0.2, 0.25) is 0 Å². The number of phenolic OH excluding ortho intramolecular Hbond substituents is 15. The molecule has 0 unspecified atom stereocenters. The highest BCUT2D eigenvalue weighted by molar-refractivity contribution is 5.77. The zero-order chi connectivity index (χ0) is 59.4. The van der Waals surface area contributed by atoms with Crippen LogP contribution >= 0.6 is 0 Å². The first kappa shape index (κ1) is 52.9. The van der Waals surface area contributed by atoms with Gasteiger partial charge in [0.1, 0.15) is 93.4 Å². The number of hydrogen-bond donors (Lipinski definition) is 19. The van der Waals surface area contributed by atoms with Crippen molar-refractivity contribution in [2.45, 2.75) is 72.7 Å². The summed E-state index contributed by atoms with van der Waals surface area (Å²) in [7, 11) is 0. The molecule has 2 bridgehead atoms. The molecular formula is C60H48O24. The predicted molar refractivity (Wildman–Crippen MR) is 283 cm³/mol. The lowest BCUT2D eigenvalue weighted by molar-refractivity contribution is -0.219. The van der Waals surface area contributed by atoms with Gasteiger partial charge in [-0.2, -0.15) is 0 Å². The van der Waals surface area contributed by atoms with Gasteiger partial charge in [-0.1, -0.05) is 18.2 Å². The highest BCUT2D eigenvalue weighted by atomic mass is 16.7. The van der Waals surface area contributed by atoms with Gasteiger partial charge in [0, 0.05) is 81.3 Å². The summed E-state index contributed by atoms with van der Waals surface area (Å²) in [6.07, 6.45) is -13.5. The van der Waals surface area contributed by atoms with E-state index in [0.717, 1.165) is 78.9 Å². The summed E-state index contributed by atoms with van der Waals surface area (Å²) in [5.74, 6) is -21.5. The second-order valence-electron chi connectivity index (χ2n) is 21.2. The highest BCUT2D eigenvalue weighted by Gasteiger charge is 2.63. The molecule has 0 fully saturated rings. The molecule has 13 rings (SSSR count). The number of benzene rings is 8. The molecular weight excluding hydrogens is 1100 g/mol. The van der Waals surface area contributed by atoms with Crippen LogP contribution in [-0.2, 0) is 12.2 Å². The second-order valence-corrected chi connectivity index (χ2v) is 21.2. The number of phenols is 15. The average Bonchev–Trinajstić information content (AvgIpc) is 1.02. The molecule has 0 aliphatic carbocycles. The molecule has 8 aromatic carbocycles. The number of ether oxygens (including phenoxy) is 5. The largest absolute Gasteiger partial charge is 0.508 e. The van der Waals surface area contributed by atoms with E-state index in [2.05, 4.69) is 0 Å². The Morgan fingerprint density at radius 3 is 1.37 bits per heavy atom. The fourth-order valence-corrected chi connectivity index (χ4v) is 12.6. The molecule has 0 radical (unpaired) electrons. The summed E-state index contributed by atoms with van der Waals surface area (Å²) >= 11 is 0. The third-order valence-corrected chi connectivity index (χ3v) is 16.3. The van der Waals surface area contributed by atoms with E-state index in [4.69, 9.17) is 23.7 Å². The van der Waals surface area contributed by atoms with Gasteiger partial charge in [0.15, 0.2) is 58.2 Å². The van der Waals surface area contributed by atoms with Crippen molar-refractivity contribution in [1.29, 1.82) is 0 Å². The molecule has 5 heterocycles. The van der Waals surface area contributed by atoms with Gasteiger partial charge in [-0.3, -0.25) is 0 Å². The first-order valence-corrected chi connectivity index (χ1v) is 25.8. The SMILES string of the molecule is Oc1cc(O)c2c(c1)O[C@H](c1ccc(O)c(O)c1)[C@H](O)[C@H]2c1c(O)c2c(c3c1O[C@@]1(c4ccc(O)c(O)c4)Oc4cc(O)cc(O)c4[C@H]3[C@H]1O)O[C@H](c1ccc(O)c(O)c1)[C@H](O)[C@H]2c1c(O)cc(O)c2c1O[C@H](c1ccc(O)c(O)c1)[C@@H](O)C2. The Bertz CT molecular complexity index is 4110. The Morgan fingerprint density at radius 2 is 0.810 bits per heavy atom. The number of rotatable bonds is 6. The molecule has 432 valence electrons. The summed E-state index contributed by atoms with van der Waals surface area (Å²) in [6.45, 7) is 0. The van der Waals surface area contributed by atoms with Gasteiger partial charge in [0.05, 0.1) is 23.9 Å². The van der Waals surface area contributed by atoms with Crippen molar-refractivity contribution >= 4 is 0 Å². The summed E-state index contributed by atoms with van der Waals surface area (Å²) in [6, 6.07) is 18.0. The van der Waals surface area contributed by atoms with Crippen molar-refractivity contribution in [2.24, 2.45) is 0 Å². The number of aliphatic hydroxyl groups excluding tert-OH is 4. The smallest absolute Gasteiger partial charge is 0.305 e. The van der Waals surface area contributed by atoms with Crippen molar-refractivity contribution < 1.29 is 121 Å². The fraction of sp³-hybridized carbons (Fsp3) is 0.200. The van der Waals surface area contributed by atoms with Crippen LogP contribution in [-0.4, -0.2) is 121 Å². The number of fused-ring (bicyclic) bond motifs is 10.